The zero-order valence-electron chi connectivity index (χ0n) is 13.3. The summed E-state index contributed by atoms with van der Waals surface area (Å²) in [5.74, 6) is -4.22. The second-order valence-corrected chi connectivity index (χ2v) is 5.61. The van der Waals surface area contributed by atoms with E-state index in [0.717, 1.165) is 29.3 Å². The molecule has 9 heteroatoms. The molecule has 134 valence electrons. The Hall–Kier alpha value is -3.36. The van der Waals surface area contributed by atoms with E-state index in [2.05, 4.69) is 10.3 Å². The van der Waals surface area contributed by atoms with Crippen LogP contribution in [0.1, 0.15) is 27.3 Å². The molecule has 0 aliphatic carbocycles. The van der Waals surface area contributed by atoms with Crippen LogP contribution in [0.25, 0.3) is 0 Å². The molecule has 1 aliphatic rings. The number of aromatic carboxylic acids is 1. The number of hydrogen-bond acceptors (Lipinski definition) is 4. The number of amides is 2. The molecule has 1 saturated heterocycles. The summed E-state index contributed by atoms with van der Waals surface area (Å²) < 4.78 is 27.7. The molecule has 2 amide bonds. The van der Waals surface area contributed by atoms with Crippen molar-refractivity contribution in [3.63, 3.8) is 0 Å². The van der Waals surface area contributed by atoms with Crippen molar-refractivity contribution in [2.75, 3.05) is 11.4 Å². The summed E-state index contributed by atoms with van der Waals surface area (Å²) in [7, 11) is 0. The fourth-order valence-corrected chi connectivity index (χ4v) is 2.68. The zero-order chi connectivity index (χ0) is 18.8. The largest absolute Gasteiger partial charge is 0.477 e. The highest BCUT2D eigenvalue weighted by atomic mass is 19.1. The van der Waals surface area contributed by atoms with Gasteiger partial charge in [0.2, 0.25) is 5.91 Å². The van der Waals surface area contributed by atoms with E-state index in [1.807, 2.05) is 0 Å². The molecule has 0 radical (unpaired) electrons. The average Bonchev–Trinajstić information content (AvgIpc) is 2.95. The third-order valence-corrected chi connectivity index (χ3v) is 3.96. The first kappa shape index (κ1) is 17.5. The summed E-state index contributed by atoms with van der Waals surface area (Å²) in [5, 5.41) is 11.3. The van der Waals surface area contributed by atoms with Crippen LogP contribution in [-0.2, 0) is 4.79 Å². The van der Waals surface area contributed by atoms with Crippen LogP contribution in [0, 0.1) is 11.6 Å². The number of rotatable bonds is 4. The second-order valence-electron chi connectivity index (χ2n) is 5.61. The molecule has 0 bridgehead atoms. The van der Waals surface area contributed by atoms with Crippen molar-refractivity contribution in [3.8, 4) is 0 Å². The van der Waals surface area contributed by atoms with Crippen LogP contribution in [-0.4, -0.2) is 40.5 Å². The van der Waals surface area contributed by atoms with Crippen LogP contribution in [0.5, 0.6) is 0 Å². The third kappa shape index (κ3) is 3.23. The Balaban J connectivity index is 1.72. The Bertz CT molecular complexity index is 866. The molecule has 2 heterocycles. The topological polar surface area (TPSA) is 99.6 Å². The molecule has 2 aromatic rings. The molecule has 1 aromatic carbocycles. The van der Waals surface area contributed by atoms with E-state index in [1.54, 1.807) is 0 Å². The number of nitrogens with zero attached hydrogens (tertiary/aromatic N) is 2. The molecule has 26 heavy (non-hydrogen) atoms. The molecule has 0 spiro atoms. The van der Waals surface area contributed by atoms with Crippen LogP contribution in [0.4, 0.5) is 14.5 Å². The highest BCUT2D eigenvalue weighted by Crippen LogP contribution is 2.27. The monoisotopic (exact) mass is 361 g/mol. The van der Waals surface area contributed by atoms with Crippen molar-refractivity contribution in [2.45, 2.75) is 12.5 Å². The maximum atomic E-state index is 13.9. The van der Waals surface area contributed by atoms with Gasteiger partial charge in [-0.3, -0.25) is 9.59 Å². The fourth-order valence-electron chi connectivity index (χ4n) is 2.68. The summed E-state index contributed by atoms with van der Waals surface area (Å²) in [6.07, 6.45) is 1.26. The highest BCUT2D eigenvalue weighted by Gasteiger charge is 2.36. The van der Waals surface area contributed by atoms with Gasteiger partial charge in [0, 0.05) is 12.7 Å². The van der Waals surface area contributed by atoms with E-state index in [1.165, 1.54) is 12.1 Å². The smallest absolute Gasteiger partial charge is 0.354 e. The Morgan fingerprint density at radius 1 is 1.19 bits per heavy atom. The normalized spacial score (nSPS) is 16.6. The zero-order valence-corrected chi connectivity index (χ0v) is 13.3. The summed E-state index contributed by atoms with van der Waals surface area (Å²) in [6, 6.07) is 4.77. The number of pyridine rings is 1. The molecule has 1 unspecified atom stereocenters. The van der Waals surface area contributed by atoms with Crippen LogP contribution >= 0.6 is 0 Å². The SMILES string of the molecule is O=C(NC1CCN(c2c(F)cccc2F)C1=O)c1ccc(C(=O)O)nc1. The first-order valence-electron chi connectivity index (χ1n) is 7.64. The van der Waals surface area contributed by atoms with Crippen molar-refractivity contribution in [1.82, 2.24) is 10.3 Å². The summed E-state index contributed by atoms with van der Waals surface area (Å²) in [4.78, 5) is 39.9. The van der Waals surface area contributed by atoms with Crippen molar-refractivity contribution >= 4 is 23.5 Å². The molecule has 1 atom stereocenters. The van der Waals surface area contributed by atoms with Gasteiger partial charge in [-0.1, -0.05) is 6.07 Å². The Morgan fingerprint density at radius 3 is 2.46 bits per heavy atom. The number of para-hydroxylation sites is 1. The predicted octanol–water partition coefficient (Wildman–Crippen LogP) is 1.59. The second kappa shape index (κ2) is 6.87. The van der Waals surface area contributed by atoms with Crippen LogP contribution in [0.15, 0.2) is 36.5 Å². The number of nitrogens with one attached hydrogen (secondary N) is 1. The number of aromatic nitrogens is 1. The van der Waals surface area contributed by atoms with Gasteiger partial charge in [0.1, 0.15) is 29.1 Å². The molecule has 1 fully saturated rings. The standard InChI is InChI=1S/C17H13F2N3O4/c18-10-2-1-3-11(19)14(10)22-7-6-12(16(22)24)21-15(23)9-4-5-13(17(25)26)20-8-9/h1-5,8,12H,6-7H2,(H,21,23)(H,25,26). The molecule has 1 aromatic heterocycles. The fraction of sp³-hybridized carbons (Fsp3) is 0.176. The molecule has 2 N–H and O–H groups in total. The minimum atomic E-state index is -1.23. The number of halogens is 2. The van der Waals surface area contributed by atoms with Gasteiger partial charge in [0.25, 0.3) is 5.91 Å². The maximum absolute atomic E-state index is 13.9. The Morgan fingerprint density at radius 2 is 1.88 bits per heavy atom. The van der Waals surface area contributed by atoms with Crippen molar-refractivity contribution in [1.29, 1.82) is 0 Å². The van der Waals surface area contributed by atoms with E-state index in [0.29, 0.717) is 0 Å². The van der Waals surface area contributed by atoms with Gasteiger partial charge in [-0.25, -0.2) is 18.6 Å². The number of hydrogen-bond donors (Lipinski definition) is 2. The average molecular weight is 361 g/mol. The molecule has 3 rings (SSSR count). The lowest BCUT2D eigenvalue weighted by Gasteiger charge is -2.18. The van der Waals surface area contributed by atoms with Crippen LogP contribution < -0.4 is 10.2 Å². The van der Waals surface area contributed by atoms with E-state index >= 15 is 0 Å². The van der Waals surface area contributed by atoms with Gasteiger partial charge in [-0.15, -0.1) is 0 Å². The molecule has 7 nitrogen and oxygen atoms in total. The number of benzene rings is 1. The number of carboxylic acid groups (broad SMARTS) is 1. The minimum Gasteiger partial charge on any atom is -0.477 e. The molecular weight excluding hydrogens is 348 g/mol. The van der Waals surface area contributed by atoms with E-state index < -0.39 is 41.1 Å². The van der Waals surface area contributed by atoms with E-state index in [4.69, 9.17) is 5.11 Å². The first-order chi connectivity index (χ1) is 12.4. The number of anilines is 1. The quantitative estimate of drug-likeness (QED) is 0.862. The van der Waals surface area contributed by atoms with Crippen molar-refractivity contribution < 1.29 is 28.3 Å². The Kier molecular flexibility index (Phi) is 4.61. The lowest BCUT2D eigenvalue weighted by Crippen LogP contribution is -2.42. The number of carbonyl (C=O) groups is 3. The van der Waals surface area contributed by atoms with E-state index in [9.17, 15) is 23.2 Å². The van der Waals surface area contributed by atoms with Crippen molar-refractivity contribution in [3.05, 3.63) is 59.4 Å². The molecular formula is C17H13F2N3O4. The van der Waals surface area contributed by atoms with Gasteiger partial charge < -0.3 is 15.3 Å². The Labute approximate surface area is 146 Å². The lowest BCUT2D eigenvalue weighted by molar-refractivity contribution is -0.118. The van der Waals surface area contributed by atoms with E-state index in [-0.39, 0.29) is 24.2 Å². The van der Waals surface area contributed by atoms with Gasteiger partial charge in [0.05, 0.1) is 5.56 Å². The minimum absolute atomic E-state index is 0.0534. The first-order valence-corrected chi connectivity index (χ1v) is 7.64. The van der Waals surface area contributed by atoms with Crippen LogP contribution in [0.3, 0.4) is 0 Å². The summed E-state index contributed by atoms with van der Waals surface area (Å²) in [6.45, 7) is 0.0534. The summed E-state index contributed by atoms with van der Waals surface area (Å²) in [5.41, 5.74) is -0.597. The number of carboxylic acids is 1. The van der Waals surface area contributed by atoms with Crippen molar-refractivity contribution in [2.24, 2.45) is 0 Å². The predicted molar refractivity (Wildman–Crippen MR) is 85.8 cm³/mol. The number of carbonyl (C=O) groups excluding carboxylic acids is 2. The third-order valence-electron chi connectivity index (χ3n) is 3.96. The van der Waals surface area contributed by atoms with Gasteiger partial charge in [-0.2, -0.15) is 0 Å². The molecule has 0 saturated carbocycles. The van der Waals surface area contributed by atoms with Crippen LogP contribution in [0.2, 0.25) is 0 Å². The summed E-state index contributed by atoms with van der Waals surface area (Å²) >= 11 is 0. The van der Waals surface area contributed by atoms with Gasteiger partial charge in [-0.05, 0) is 30.7 Å². The van der Waals surface area contributed by atoms with Gasteiger partial charge in [0.15, 0.2) is 0 Å². The maximum Gasteiger partial charge on any atom is 0.354 e. The van der Waals surface area contributed by atoms with Gasteiger partial charge >= 0.3 is 5.97 Å². The highest BCUT2D eigenvalue weighted by molar-refractivity contribution is 6.04. The molecule has 1 aliphatic heterocycles. The lowest BCUT2D eigenvalue weighted by atomic mass is 10.2.